The number of rotatable bonds is 4. The molecule has 3 nitrogen and oxygen atoms in total. The van der Waals surface area contributed by atoms with Crippen molar-refractivity contribution in [2.45, 2.75) is 32.6 Å². The van der Waals surface area contributed by atoms with Crippen molar-refractivity contribution < 1.29 is 9.90 Å². The van der Waals surface area contributed by atoms with Crippen LogP contribution < -0.4 is 0 Å². The number of H-pyrrole nitrogens is 1. The van der Waals surface area contributed by atoms with Crippen molar-refractivity contribution in [2.75, 3.05) is 0 Å². The van der Waals surface area contributed by atoms with Crippen molar-refractivity contribution in [3.8, 4) is 22.4 Å². The van der Waals surface area contributed by atoms with Gasteiger partial charge in [0.1, 0.15) is 0 Å². The van der Waals surface area contributed by atoms with Crippen LogP contribution in [-0.2, 0) is 16.6 Å². The number of aromatic nitrogens is 1. The van der Waals surface area contributed by atoms with Gasteiger partial charge in [0.2, 0.25) is 0 Å². The van der Waals surface area contributed by atoms with Gasteiger partial charge >= 0.3 is 5.97 Å². The third kappa shape index (κ3) is 3.81. The molecule has 146 valence electrons. The van der Waals surface area contributed by atoms with Crippen molar-refractivity contribution in [3.63, 3.8) is 0 Å². The molecule has 0 aliphatic rings. The van der Waals surface area contributed by atoms with E-state index in [1.165, 1.54) is 5.56 Å². The molecule has 0 saturated heterocycles. The average Bonchev–Trinajstić information content (AvgIpc) is 3.05. The molecule has 2 N–H and O–H groups in total. The molecule has 3 heteroatoms. The van der Waals surface area contributed by atoms with Crippen LogP contribution >= 0.6 is 0 Å². The van der Waals surface area contributed by atoms with Gasteiger partial charge < -0.3 is 10.1 Å². The van der Waals surface area contributed by atoms with Crippen molar-refractivity contribution in [2.24, 2.45) is 0 Å². The molecule has 1 aromatic heterocycles. The van der Waals surface area contributed by atoms with E-state index in [1.54, 1.807) is 0 Å². The highest BCUT2D eigenvalue weighted by Gasteiger charge is 2.19. The SMILES string of the molecule is CC(C)(C)c1ccc2[nH]c(-c3ccc(-c4ccccc4)cc3)c(CC(=O)O)c2c1. The molecule has 0 amide bonds. The second kappa shape index (κ2) is 7.25. The zero-order valence-electron chi connectivity index (χ0n) is 17.0. The van der Waals surface area contributed by atoms with E-state index in [0.29, 0.717) is 0 Å². The summed E-state index contributed by atoms with van der Waals surface area (Å²) in [4.78, 5) is 15.1. The predicted molar refractivity (Wildman–Crippen MR) is 119 cm³/mol. The Morgan fingerprint density at radius 1 is 0.862 bits per heavy atom. The molecule has 4 rings (SSSR count). The summed E-state index contributed by atoms with van der Waals surface area (Å²) >= 11 is 0. The Kier molecular flexibility index (Phi) is 4.75. The van der Waals surface area contributed by atoms with Gasteiger partial charge in [-0.3, -0.25) is 4.79 Å². The fraction of sp³-hybridized carbons (Fsp3) is 0.192. The van der Waals surface area contributed by atoms with Crippen LogP contribution in [0, 0.1) is 0 Å². The van der Waals surface area contributed by atoms with E-state index >= 15 is 0 Å². The van der Waals surface area contributed by atoms with Crippen LogP contribution in [0.15, 0.2) is 72.8 Å². The lowest BCUT2D eigenvalue weighted by molar-refractivity contribution is -0.136. The van der Waals surface area contributed by atoms with Gasteiger partial charge in [0.25, 0.3) is 0 Å². The molecule has 0 spiro atoms. The van der Waals surface area contributed by atoms with E-state index in [-0.39, 0.29) is 11.8 Å². The Bertz CT molecular complexity index is 1160. The van der Waals surface area contributed by atoms with Gasteiger partial charge in [0.05, 0.1) is 12.1 Å². The minimum atomic E-state index is -0.825. The smallest absolute Gasteiger partial charge is 0.307 e. The summed E-state index contributed by atoms with van der Waals surface area (Å²) in [6.45, 7) is 6.50. The van der Waals surface area contributed by atoms with Crippen LogP contribution in [0.2, 0.25) is 0 Å². The lowest BCUT2D eigenvalue weighted by Crippen LogP contribution is -2.10. The Hall–Kier alpha value is -3.33. The minimum Gasteiger partial charge on any atom is -0.481 e. The summed E-state index contributed by atoms with van der Waals surface area (Å²) in [5.41, 5.74) is 7.19. The largest absolute Gasteiger partial charge is 0.481 e. The summed E-state index contributed by atoms with van der Waals surface area (Å²) in [7, 11) is 0. The third-order valence-corrected chi connectivity index (χ3v) is 5.38. The number of hydrogen-bond acceptors (Lipinski definition) is 1. The fourth-order valence-corrected chi connectivity index (χ4v) is 3.76. The molecule has 0 radical (unpaired) electrons. The highest BCUT2D eigenvalue weighted by atomic mass is 16.4. The number of benzene rings is 3. The summed E-state index contributed by atoms with van der Waals surface area (Å²) in [6.07, 6.45) is -0.0105. The van der Waals surface area contributed by atoms with Gasteiger partial charge in [-0.1, -0.05) is 81.4 Å². The lowest BCUT2D eigenvalue weighted by atomic mass is 9.86. The standard InChI is InChI=1S/C26H25NO2/c1-26(2,3)20-13-14-23-21(15-20)22(16-24(28)29)25(27-23)19-11-9-18(10-12-19)17-7-5-4-6-8-17/h4-15,27H,16H2,1-3H3,(H,28,29). The Morgan fingerprint density at radius 2 is 1.48 bits per heavy atom. The number of aliphatic carboxylic acids is 1. The number of fused-ring (bicyclic) bond motifs is 1. The number of aromatic amines is 1. The topological polar surface area (TPSA) is 53.1 Å². The van der Waals surface area contributed by atoms with Gasteiger partial charge in [-0.15, -0.1) is 0 Å². The molecular weight excluding hydrogens is 358 g/mol. The molecule has 29 heavy (non-hydrogen) atoms. The second-order valence-electron chi connectivity index (χ2n) is 8.50. The molecule has 0 fully saturated rings. The van der Waals surface area contributed by atoms with E-state index in [1.807, 2.05) is 18.2 Å². The van der Waals surface area contributed by atoms with Gasteiger partial charge in [-0.2, -0.15) is 0 Å². The van der Waals surface area contributed by atoms with Crippen LogP contribution in [0.4, 0.5) is 0 Å². The van der Waals surface area contributed by atoms with Crippen LogP contribution in [0.5, 0.6) is 0 Å². The Morgan fingerprint density at radius 3 is 2.10 bits per heavy atom. The summed E-state index contributed by atoms with van der Waals surface area (Å²) < 4.78 is 0. The maximum atomic E-state index is 11.6. The summed E-state index contributed by atoms with van der Waals surface area (Å²) in [5.74, 6) is -0.825. The highest BCUT2D eigenvalue weighted by Crippen LogP contribution is 2.35. The molecule has 0 atom stereocenters. The molecule has 0 bridgehead atoms. The second-order valence-corrected chi connectivity index (χ2v) is 8.50. The van der Waals surface area contributed by atoms with Gasteiger partial charge in [-0.05, 0) is 45.4 Å². The predicted octanol–water partition coefficient (Wildman–Crippen LogP) is 6.43. The van der Waals surface area contributed by atoms with Crippen molar-refractivity contribution in [1.82, 2.24) is 4.98 Å². The van der Waals surface area contributed by atoms with Crippen LogP contribution in [0.1, 0.15) is 31.9 Å². The Labute approximate surface area is 171 Å². The molecule has 0 aliphatic carbocycles. The van der Waals surface area contributed by atoms with Crippen LogP contribution in [0.3, 0.4) is 0 Å². The summed E-state index contributed by atoms with van der Waals surface area (Å²) in [5, 5.41) is 10.5. The first-order valence-corrected chi connectivity index (χ1v) is 9.85. The maximum Gasteiger partial charge on any atom is 0.307 e. The van der Waals surface area contributed by atoms with E-state index in [9.17, 15) is 9.90 Å². The number of carboxylic acids is 1. The number of carbonyl (C=O) groups is 1. The third-order valence-electron chi connectivity index (χ3n) is 5.38. The minimum absolute atomic E-state index is 0.00342. The quantitative estimate of drug-likeness (QED) is 0.427. The van der Waals surface area contributed by atoms with Crippen LogP contribution in [-0.4, -0.2) is 16.1 Å². The van der Waals surface area contributed by atoms with E-state index in [2.05, 4.69) is 80.4 Å². The first-order valence-electron chi connectivity index (χ1n) is 9.85. The van der Waals surface area contributed by atoms with Gasteiger partial charge in [-0.25, -0.2) is 0 Å². The normalized spacial score (nSPS) is 11.7. The maximum absolute atomic E-state index is 11.6. The van der Waals surface area contributed by atoms with Gasteiger partial charge in [0, 0.05) is 10.9 Å². The van der Waals surface area contributed by atoms with E-state index in [4.69, 9.17) is 0 Å². The van der Waals surface area contributed by atoms with Crippen molar-refractivity contribution in [1.29, 1.82) is 0 Å². The fourth-order valence-electron chi connectivity index (χ4n) is 3.76. The zero-order chi connectivity index (χ0) is 20.6. The molecule has 4 aromatic rings. The number of carboxylic acid groups (broad SMARTS) is 1. The van der Waals surface area contributed by atoms with E-state index in [0.717, 1.165) is 38.9 Å². The first-order chi connectivity index (χ1) is 13.8. The van der Waals surface area contributed by atoms with Crippen molar-refractivity contribution >= 4 is 16.9 Å². The molecule has 1 heterocycles. The first kappa shape index (κ1) is 19.0. The lowest BCUT2D eigenvalue weighted by Gasteiger charge is -2.19. The highest BCUT2D eigenvalue weighted by molar-refractivity contribution is 5.94. The molecule has 0 aliphatic heterocycles. The van der Waals surface area contributed by atoms with E-state index < -0.39 is 5.97 Å². The van der Waals surface area contributed by atoms with Gasteiger partial charge in [0.15, 0.2) is 0 Å². The number of hydrogen-bond donors (Lipinski definition) is 2. The van der Waals surface area contributed by atoms with Crippen molar-refractivity contribution in [3.05, 3.63) is 83.9 Å². The molecular formula is C26H25NO2. The summed E-state index contributed by atoms with van der Waals surface area (Å²) in [6, 6.07) is 24.8. The number of nitrogens with one attached hydrogen (secondary N) is 1. The monoisotopic (exact) mass is 383 g/mol. The Balaban J connectivity index is 1.83. The van der Waals surface area contributed by atoms with Crippen LogP contribution in [0.25, 0.3) is 33.3 Å². The molecule has 0 unspecified atom stereocenters. The zero-order valence-corrected chi connectivity index (χ0v) is 17.0. The average molecular weight is 383 g/mol. The molecule has 3 aromatic carbocycles. The molecule has 0 saturated carbocycles.